The van der Waals surface area contributed by atoms with E-state index in [4.69, 9.17) is 0 Å². The lowest BCUT2D eigenvalue weighted by molar-refractivity contribution is -0.136. The summed E-state index contributed by atoms with van der Waals surface area (Å²) < 4.78 is 39.0. The van der Waals surface area contributed by atoms with Gasteiger partial charge >= 0.3 is 6.18 Å². The molecule has 0 spiro atoms. The quantitative estimate of drug-likeness (QED) is 0.708. The fourth-order valence-electron chi connectivity index (χ4n) is 2.50. The zero-order chi connectivity index (χ0) is 14.9. The summed E-state index contributed by atoms with van der Waals surface area (Å²) in [6.45, 7) is 0.597. The minimum atomic E-state index is -4.41. The van der Waals surface area contributed by atoms with E-state index >= 15 is 0 Å². The van der Waals surface area contributed by atoms with Crippen LogP contribution in [0.15, 0.2) is 24.3 Å². The third-order valence-electron chi connectivity index (χ3n) is 3.24. The number of alkyl halides is 4. The maximum atomic E-state index is 13.0. The summed E-state index contributed by atoms with van der Waals surface area (Å²) >= 11 is 4.64. The summed E-state index contributed by atoms with van der Waals surface area (Å²) in [5, 5.41) is 13.2. The number of hydrogen-bond acceptors (Lipinski definition) is 2. The Balaban J connectivity index is 0.000000704. The lowest BCUT2D eigenvalue weighted by Crippen LogP contribution is -2.06. The zero-order valence-electron chi connectivity index (χ0n) is 10.7. The fraction of sp³-hybridized carbons (Fsp3) is 0.286. The Bertz CT molecular complexity index is 640. The van der Waals surface area contributed by atoms with Crippen molar-refractivity contribution in [1.82, 2.24) is 0 Å². The first-order valence-corrected chi connectivity index (χ1v) is 6.70. The molecule has 108 valence electrons. The van der Waals surface area contributed by atoms with E-state index in [1.165, 1.54) is 24.6 Å². The second-order valence-corrected chi connectivity index (χ2v) is 4.32. The molecule has 2 aromatic rings. The van der Waals surface area contributed by atoms with E-state index in [2.05, 4.69) is 16.9 Å². The van der Waals surface area contributed by atoms with Gasteiger partial charge in [0.25, 0.3) is 0 Å². The minimum absolute atomic E-state index is 0.116. The van der Waals surface area contributed by atoms with Crippen molar-refractivity contribution in [2.24, 2.45) is 0 Å². The van der Waals surface area contributed by atoms with Crippen molar-refractivity contribution in [3.8, 4) is 5.75 Å². The molecule has 1 aliphatic rings. The van der Waals surface area contributed by atoms with Crippen molar-refractivity contribution >= 4 is 28.1 Å². The molecule has 0 saturated carbocycles. The SMILES string of the molecule is CCl.Oc1cc2c(c3c(C(F)(F)F)cccc13)CCN2. The summed E-state index contributed by atoms with van der Waals surface area (Å²) in [4.78, 5) is 0. The number of anilines is 1. The summed E-state index contributed by atoms with van der Waals surface area (Å²) in [5.41, 5.74) is 0.545. The Morgan fingerprint density at radius 1 is 1.25 bits per heavy atom. The highest BCUT2D eigenvalue weighted by Gasteiger charge is 2.34. The second-order valence-electron chi connectivity index (χ2n) is 4.32. The molecule has 2 N–H and O–H groups in total. The van der Waals surface area contributed by atoms with Crippen molar-refractivity contribution in [2.75, 3.05) is 18.2 Å². The number of halogens is 4. The van der Waals surface area contributed by atoms with E-state index in [1.807, 2.05) is 0 Å². The van der Waals surface area contributed by atoms with E-state index < -0.39 is 11.7 Å². The van der Waals surface area contributed by atoms with Crippen molar-refractivity contribution in [2.45, 2.75) is 12.6 Å². The third-order valence-corrected chi connectivity index (χ3v) is 3.24. The van der Waals surface area contributed by atoms with Gasteiger partial charge in [0.05, 0.1) is 5.56 Å². The number of nitrogens with one attached hydrogen (secondary N) is 1. The number of aromatic hydroxyl groups is 1. The molecule has 3 rings (SSSR count). The molecule has 0 bridgehead atoms. The number of fused-ring (bicyclic) bond motifs is 3. The van der Waals surface area contributed by atoms with Crippen molar-refractivity contribution in [3.63, 3.8) is 0 Å². The van der Waals surface area contributed by atoms with Crippen LogP contribution in [-0.2, 0) is 12.6 Å². The summed E-state index contributed by atoms with van der Waals surface area (Å²) in [6.07, 6.45) is -2.40. The van der Waals surface area contributed by atoms with Gasteiger partial charge in [-0.25, -0.2) is 0 Å². The Hall–Kier alpha value is -1.62. The van der Waals surface area contributed by atoms with Gasteiger partial charge in [0, 0.05) is 35.5 Å². The predicted molar refractivity (Wildman–Crippen MR) is 74.6 cm³/mol. The number of benzene rings is 2. The molecule has 1 heterocycles. The average Bonchev–Trinajstić information content (AvgIpc) is 2.88. The maximum absolute atomic E-state index is 13.0. The Labute approximate surface area is 119 Å². The van der Waals surface area contributed by atoms with Crippen LogP contribution in [-0.4, -0.2) is 18.0 Å². The minimum Gasteiger partial charge on any atom is -0.507 e. The monoisotopic (exact) mass is 303 g/mol. The van der Waals surface area contributed by atoms with Crippen LogP contribution >= 0.6 is 11.6 Å². The summed E-state index contributed by atoms with van der Waals surface area (Å²) in [5.74, 6) is -0.121. The number of rotatable bonds is 0. The molecule has 0 amide bonds. The van der Waals surface area contributed by atoms with Crippen LogP contribution in [0.3, 0.4) is 0 Å². The number of phenolic OH excluding ortho intramolecular Hbond substituents is 1. The Morgan fingerprint density at radius 2 is 1.95 bits per heavy atom. The van der Waals surface area contributed by atoms with E-state index in [-0.39, 0.29) is 16.5 Å². The molecule has 6 heteroatoms. The molecule has 0 aromatic heterocycles. The topological polar surface area (TPSA) is 32.3 Å². The van der Waals surface area contributed by atoms with Gasteiger partial charge in [0.2, 0.25) is 0 Å². The fourth-order valence-corrected chi connectivity index (χ4v) is 2.50. The lowest BCUT2D eigenvalue weighted by Gasteiger charge is -2.14. The second kappa shape index (κ2) is 5.40. The molecular formula is C14H13ClF3NO. The van der Waals surface area contributed by atoms with Crippen molar-refractivity contribution < 1.29 is 18.3 Å². The third kappa shape index (κ3) is 2.38. The van der Waals surface area contributed by atoms with Crippen LogP contribution in [0.25, 0.3) is 10.8 Å². The van der Waals surface area contributed by atoms with Gasteiger partial charge in [-0.1, -0.05) is 12.1 Å². The van der Waals surface area contributed by atoms with Crippen LogP contribution in [0.5, 0.6) is 5.75 Å². The van der Waals surface area contributed by atoms with E-state index in [9.17, 15) is 18.3 Å². The molecule has 0 aliphatic carbocycles. The van der Waals surface area contributed by atoms with Crippen molar-refractivity contribution in [3.05, 3.63) is 35.4 Å². The highest BCUT2D eigenvalue weighted by atomic mass is 35.5. The highest BCUT2D eigenvalue weighted by Crippen LogP contribution is 2.43. The molecule has 0 fully saturated rings. The van der Waals surface area contributed by atoms with Gasteiger partial charge in [-0.3, -0.25) is 0 Å². The smallest absolute Gasteiger partial charge is 0.417 e. The molecule has 1 aliphatic heterocycles. The molecular weight excluding hydrogens is 291 g/mol. The molecule has 0 unspecified atom stereocenters. The van der Waals surface area contributed by atoms with Gasteiger partial charge < -0.3 is 10.4 Å². The molecule has 0 radical (unpaired) electrons. The Morgan fingerprint density at radius 3 is 2.60 bits per heavy atom. The van der Waals surface area contributed by atoms with E-state index in [1.54, 1.807) is 0 Å². The van der Waals surface area contributed by atoms with Crippen LogP contribution in [0, 0.1) is 0 Å². The largest absolute Gasteiger partial charge is 0.507 e. The maximum Gasteiger partial charge on any atom is 0.417 e. The van der Waals surface area contributed by atoms with Gasteiger partial charge in [-0.2, -0.15) is 13.2 Å². The van der Waals surface area contributed by atoms with Gasteiger partial charge in [-0.05, 0) is 18.1 Å². The van der Waals surface area contributed by atoms with Gasteiger partial charge in [-0.15, -0.1) is 11.6 Å². The molecule has 0 saturated heterocycles. The zero-order valence-corrected chi connectivity index (χ0v) is 11.4. The van der Waals surface area contributed by atoms with Gasteiger partial charge in [0.15, 0.2) is 0 Å². The molecule has 20 heavy (non-hydrogen) atoms. The molecule has 2 aromatic carbocycles. The Kier molecular flexibility index (Phi) is 3.99. The standard InChI is InChI=1S/C13H10F3NO.CH3Cl/c14-13(15,16)9-3-1-2-8-11(18)6-10-7(12(8)9)4-5-17-10;1-2/h1-3,6,17-18H,4-5H2;1H3. The van der Waals surface area contributed by atoms with Crippen LogP contribution in [0.1, 0.15) is 11.1 Å². The predicted octanol–water partition coefficient (Wildman–Crippen LogP) is 4.39. The highest BCUT2D eigenvalue weighted by molar-refractivity contribution is 6.15. The first-order valence-electron chi connectivity index (χ1n) is 5.95. The van der Waals surface area contributed by atoms with E-state index in [0.717, 1.165) is 6.07 Å². The molecule has 0 atom stereocenters. The van der Waals surface area contributed by atoms with Crippen molar-refractivity contribution in [1.29, 1.82) is 0 Å². The number of phenols is 1. The first kappa shape index (κ1) is 14.8. The molecule has 2 nitrogen and oxygen atoms in total. The first-order chi connectivity index (χ1) is 9.48. The van der Waals surface area contributed by atoms with Crippen LogP contribution in [0.4, 0.5) is 18.9 Å². The summed E-state index contributed by atoms with van der Waals surface area (Å²) in [6, 6.07) is 5.38. The lowest BCUT2D eigenvalue weighted by atomic mass is 9.96. The van der Waals surface area contributed by atoms with Crippen LogP contribution in [0.2, 0.25) is 0 Å². The number of hydrogen-bond donors (Lipinski definition) is 2. The van der Waals surface area contributed by atoms with Crippen LogP contribution < -0.4 is 5.32 Å². The average molecular weight is 304 g/mol. The van der Waals surface area contributed by atoms with E-state index in [0.29, 0.717) is 24.2 Å². The summed E-state index contributed by atoms with van der Waals surface area (Å²) in [7, 11) is 0. The normalized spacial score (nSPS) is 13.4. The van der Waals surface area contributed by atoms with Gasteiger partial charge in [0.1, 0.15) is 5.75 Å².